The Hall–Kier alpha value is -2.38. The van der Waals surface area contributed by atoms with Crippen LogP contribution in [0.4, 0.5) is 10.5 Å². The van der Waals surface area contributed by atoms with E-state index in [9.17, 15) is 13.2 Å². The lowest BCUT2D eigenvalue weighted by Crippen LogP contribution is -2.36. The first-order chi connectivity index (χ1) is 12.8. The van der Waals surface area contributed by atoms with Crippen LogP contribution in [0.5, 0.6) is 0 Å². The zero-order valence-electron chi connectivity index (χ0n) is 15.5. The zero-order valence-corrected chi connectivity index (χ0v) is 16.3. The molecule has 1 aliphatic heterocycles. The highest BCUT2D eigenvalue weighted by Gasteiger charge is 2.33. The van der Waals surface area contributed by atoms with E-state index < -0.39 is 22.2 Å². The summed E-state index contributed by atoms with van der Waals surface area (Å²) in [6.07, 6.45) is -0.521. The molecule has 0 bridgehead atoms. The highest BCUT2D eigenvalue weighted by Crippen LogP contribution is 2.24. The van der Waals surface area contributed by atoms with Crippen LogP contribution in [0.1, 0.15) is 16.7 Å². The fraction of sp³-hybridized carbons (Fsp3) is 0.350. The lowest BCUT2D eigenvalue weighted by molar-refractivity contribution is 0.143. The molecule has 27 heavy (non-hydrogen) atoms. The second kappa shape index (κ2) is 8.10. The number of amides is 1. The lowest BCUT2D eigenvalue weighted by atomic mass is 10.1. The predicted octanol–water partition coefficient (Wildman–Crippen LogP) is 2.79. The summed E-state index contributed by atoms with van der Waals surface area (Å²) in [5, 5.41) is 0. The van der Waals surface area contributed by atoms with Crippen LogP contribution in [-0.2, 0) is 21.2 Å². The number of aryl methyl sites for hydroxylation is 3. The average Bonchev–Trinajstić information content (AvgIpc) is 3.03. The van der Waals surface area contributed by atoms with Crippen LogP contribution in [-0.4, -0.2) is 39.5 Å². The van der Waals surface area contributed by atoms with Crippen LogP contribution in [0.15, 0.2) is 48.5 Å². The van der Waals surface area contributed by atoms with Crippen molar-refractivity contribution in [3.8, 4) is 0 Å². The molecule has 1 fully saturated rings. The maximum absolute atomic E-state index is 12.2. The summed E-state index contributed by atoms with van der Waals surface area (Å²) in [5.41, 5.74) is 3.97. The number of carbonyl (C=O) groups is 1. The molecule has 1 amide bonds. The summed E-state index contributed by atoms with van der Waals surface area (Å²) in [7, 11) is -3.44. The SMILES string of the molecule is Cc1ccc(N2CC(CNS(=O)(=O)CCc3ccccc3)OC2=O)cc1C. The van der Waals surface area contributed by atoms with Crippen LogP contribution < -0.4 is 9.62 Å². The third kappa shape index (κ3) is 5.08. The van der Waals surface area contributed by atoms with Gasteiger partial charge in [-0.15, -0.1) is 0 Å². The van der Waals surface area contributed by atoms with Crippen molar-refractivity contribution in [2.24, 2.45) is 0 Å². The largest absolute Gasteiger partial charge is 0.443 e. The molecule has 1 unspecified atom stereocenters. The lowest BCUT2D eigenvalue weighted by Gasteiger charge is -2.14. The Morgan fingerprint density at radius 2 is 1.85 bits per heavy atom. The van der Waals surface area contributed by atoms with Crippen LogP contribution >= 0.6 is 0 Å². The molecule has 7 heteroatoms. The molecular formula is C20H24N2O4S. The smallest absolute Gasteiger partial charge is 0.414 e. The molecule has 1 heterocycles. The van der Waals surface area contributed by atoms with E-state index in [1.165, 1.54) is 4.90 Å². The number of ether oxygens (including phenoxy) is 1. The number of nitrogens with zero attached hydrogens (tertiary/aromatic N) is 1. The van der Waals surface area contributed by atoms with E-state index in [2.05, 4.69) is 4.72 Å². The number of sulfonamides is 1. The summed E-state index contributed by atoms with van der Waals surface area (Å²) >= 11 is 0. The summed E-state index contributed by atoms with van der Waals surface area (Å²) < 4.78 is 32.3. The van der Waals surface area contributed by atoms with Crippen LogP contribution in [0.3, 0.4) is 0 Å². The van der Waals surface area contributed by atoms with Gasteiger partial charge >= 0.3 is 6.09 Å². The van der Waals surface area contributed by atoms with Crippen molar-refractivity contribution in [2.45, 2.75) is 26.4 Å². The molecule has 0 spiro atoms. The molecule has 3 rings (SSSR count). The number of anilines is 1. The summed E-state index contributed by atoms with van der Waals surface area (Å²) in [5.74, 6) is -0.00144. The zero-order chi connectivity index (χ0) is 19.4. The van der Waals surface area contributed by atoms with Crippen LogP contribution in [0.2, 0.25) is 0 Å². The normalized spacial score (nSPS) is 17.2. The number of hydrogen-bond donors (Lipinski definition) is 1. The Balaban J connectivity index is 1.54. The Morgan fingerprint density at radius 3 is 2.56 bits per heavy atom. The molecular weight excluding hydrogens is 364 g/mol. The number of nitrogens with one attached hydrogen (secondary N) is 1. The van der Waals surface area contributed by atoms with E-state index in [-0.39, 0.29) is 12.3 Å². The van der Waals surface area contributed by atoms with Crippen molar-refractivity contribution < 1.29 is 17.9 Å². The van der Waals surface area contributed by atoms with Gasteiger partial charge in [0.15, 0.2) is 0 Å². The fourth-order valence-corrected chi connectivity index (χ4v) is 4.01. The third-order valence-electron chi connectivity index (χ3n) is 4.71. The molecule has 0 aliphatic carbocycles. The van der Waals surface area contributed by atoms with Gasteiger partial charge in [0.05, 0.1) is 12.3 Å². The monoisotopic (exact) mass is 388 g/mol. The van der Waals surface area contributed by atoms with E-state index in [0.29, 0.717) is 13.0 Å². The van der Waals surface area contributed by atoms with Crippen molar-refractivity contribution in [3.05, 3.63) is 65.2 Å². The minimum absolute atomic E-state index is 0.00144. The van der Waals surface area contributed by atoms with Gasteiger partial charge in [-0.1, -0.05) is 36.4 Å². The summed E-state index contributed by atoms with van der Waals surface area (Å²) in [6, 6.07) is 15.2. The Kier molecular flexibility index (Phi) is 5.82. The molecule has 0 radical (unpaired) electrons. The van der Waals surface area contributed by atoms with Gasteiger partial charge in [0.2, 0.25) is 10.0 Å². The number of rotatable bonds is 7. The highest BCUT2D eigenvalue weighted by atomic mass is 32.2. The number of hydrogen-bond acceptors (Lipinski definition) is 4. The first-order valence-electron chi connectivity index (χ1n) is 8.91. The van der Waals surface area contributed by atoms with Crippen molar-refractivity contribution in [1.29, 1.82) is 0 Å². The minimum atomic E-state index is -3.44. The summed E-state index contributed by atoms with van der Waals surface area (Å²) in [4.78, 5) is 13.7. The first-order valence-corrected chi connectivity index (χ1v) is 10.6. The van der Waals surface area contributed by atoms with Crippen LogP contribution in [0.25, 0.3) is 0 Å². The number of carbonyl (C=O) groups excluding carboxylic acids is 1. The van der Waals surface area contributed by atoms with Gasteiger partial charge in [0, 0.05) is 12.2 Å². The van der Waals surface area contributed by atoms with E-state index >= 15 is 0 Å². The summed E-state index contributed by atoms with van der Waals surface area (Å²) in [6.45, 7) is 4.39. The molecule has 1 atom stereocenters. The maximum atomic E-state index is 12.2. The second-order valence-corrected chi connectivity index (χ2v) is 8.71. The minimum Gasteiger partial charge on any atom is -0.443 e. The van der Waals surface area contributed by atoms with Gasteiger partial charge < -0.3 is 4.74 Å². The molecule has 1 N–H and O–H groups in total. The standard InChI is InChI=1S/C20H24N2O4S/c1-15-8-9-18(12-16(15)2)22-14-19(26-20(22)23)13-21-27(24,25)11-10-17-6-4-3-5-7-17/h3-9,12,19,21H,10-11,13-14H2,1-2H3. The maximum Gasteiger partial charge on any atom is 0.414 e. The topological polar surface area (TPSA) is 75.7 Å². The van der Waals surface area contributed by atoms with Gasteiger partial charge in [-0.05, 0) is 49.1 Å². The van der Waals surface area contributed by atoms with Crippen molar-refractivity contribution >= 4 is 21.8 Å². The Bertz CT molecular complexity index is 913. The molecule has 144 valence electrons. The third-order valence-corrected chi connectivity index (χ3v) is 6.06. The first kappa shape index (κ1) is 19.4. The van der Waals surface area contributed by atoms with Crippen molar-refractivity contribution in [2.75, 3.05) is 23.7 Å². The predicted molar refractivity (Wildman–Crippen MR) is 105 cm³/mol. The van der Waals surface area contributed by atoms with E-state index in [1.54, 1.807) is 0 Å². The van der Waals surface area contributed by atoms with Gasteiger partial charge in [-0.3, -0.25) is 4.90 Å². The van der Waals surface area contributed by atoms with Gasteiger partial charge in [0.1, 0.15) is 6.10 Å². The fourth-order valence-electron chi connectivity index (χ4n) is 2.92. The quantitative estimate of drug-likeness (QED) is 0.791. The second-order valence-electron chi connectivity index (χ2n) is 6.79. The number of benzene rings is 2. The highest BCUT2D eigenvalue weighted by molar-refractivity contribution is 7.89. The molecule has 0 aromatic heterocycles. The Labute approximate surface area is 160 Å². The van der Waals surface area contributed by atoms with E-state index in [0.717, 1.165) is 22.4 Å². The van der Waals surface area contributed by atoms with E-state index in [4.69, 9.17) is 4.74 Å². The van der Waals surface area contributed by atoms with Gasteiger partial charge in [0.25, 0.3) is 0 Å². The Morgan fingerprint density at radius 1 is 1.11 bits per heavy atom. The van der Waals surface area contributed by atoms with Crippen molar-refractivity contribution in [1.82, 2.24) is 4.72 Å². The average molecular weight is 388 g/mol. The molecule has 1 saturated heterocycles. The molecule has 0 saturated carbocycles. The molecule has 2 aromatic carbocycles. The van der Waals surface area contributed by atoms with Gasteiger partial charge in [-0.25, -0.2) is 17.9 Å². The van der Waals surface area contributed by atoms with E-state index in [1.807, 2.05) is 62.4 Å². The van der Waals surface area contributed by atoms with Crippen molar-refractivity contribution in [3.63, 3.8) is 0 Å². The molecule has 2 aromatic rings. The number of cyclic esters (lactones) is 1. The molecule has 1 aliphatic rings. The van der Waals surface area contributed by atoms with Gasteiger partial charge in [-0.2, -0.15) is 0 Å². The van der Waals surface area contributed by atoms with Crippen LogP contribution in [0, 0.1) is 13.8 Å². The molecule has 6 nitrogen and oxygen atoms in total.